The van der Waals surface area contributed by atoms with Crippen LogP contribution >= 0.6 is 39.1 Å². The highest BCUT2D eigenvalue weighted by Crippen LogP contribution is 2.44. The fraction of sp³-hybridized carbons (Fsp3) is 0. The fourth-order valence-corrected chi connectivity index (χ4v) is 3.49. The van der Waals surface area contributed by atoms with Gasteiger partial charge in [0.05, 0.1) is 11.4 Å². The number of rotatable bonds is 1. The van der Waals surface area contributed by atoms with Crippen molar-refractivity contribution >= 4 is 56.6 Å². The Bertz CT molecular complexity index is 703. The van der Waals surface area contributed by atoms with Crippen molar-refractivity contribution in [2.45, 2.75) is 0 Å². The molecule has 0 unspecified atom stereocenters. The number of hydrogen-bond donors (Lipinski definition) is 0. The van der Waals surface area contributed by atoms with Gasteiger partial charge in [0.15, 0.2) is 0 Å². The molecule has 0 spiro atoms. The second-order valence-electron chi connectivity index (χ2n) is 4.33. The van der Waals surface area contributed by atoms with Crippen LogP contribution in [0.2, 0.25) is 0 Å². The Hall–Kier alpha value is -1.22. The van der Waals surface area contributed by atoms with Crippen LogP contribution in [0.3, 0.4) is 0 Å². The van der Waals surface area contributed by atoms with Crippen LogP contribution in [-0.2, 0) is 0 Å². The van der Waals surface area contributed by atoms with Crippen molar-refractivity contribution in [2.24, 2.45) is 0 Å². The summed E-state index contributed by atoms with van der Waals surface area (Å²) in [4.78, 5) is 2.05. The Balaban J connectivity index is 2.28. The highest BCUT2D eigenvalue weighted by atomic mass is 79.9. The molecule has 0 radical (unpaired) electrons. The number of halogens is 3. The Kier molecular flexibility index (Phi) is 3.88. The van der Waals surface area contributed by atoms with Gasteiger partial charge in [-0.05, 0) is 45.8 Å². The maximum atomic E-state index is 6.10. The Morgan fingerprint density at radius 1 is 0.900 bits per heavy atom. The van der Waals surface area contributed by atoms with E-state index in [9.17, 15) is 0 Å². The van der Waals surface area contributed by atoms with Crippen LogP contribution < -0.4 is 4.90 Å². The van der Waals surface area contributed by atoms with Gasteiger partial charge in [-0.3, -0.25) is 0 Å². The molecule has 0 bridgehead atoms. The first-order chi connectivity index (χ1) is 9.68. The van der Waals surface area contributed by atoms with Gasteiger partial charge in [-0.2, -0.15) is 0 Å². The average molecular weight is 367 g/mol. The molecule has 0 amide bonds. The summed E-state index contributed by atoms with van der Waals surface area (Å²) < 4.78 is 1.09. The van der Waals surface area contributed by atoms with Crippen molar-refractivity contribution < 1.29 is 0 Å². The number of nitrogens with zero attached hydrogens (tertiary/aromatic N) is 1. The van der Waals surface area contributed by atoms with E-state index in [-0.39, 0.29) is 4.49 Å². The Labute approximate surface area is 136 Å². The predicted octanol–water partition coefficient (Wildman–Crippen LogP) is 6.22. The maximum Gasteiger partial charge on any atom is 0.131 e. The molecule has 2 aromatic carbocycles. The lowest BCUT2D eigenvalue weighted by molar-refractivity contribution is 1.19. The third-order valence-corrected chi connectivity index (χ3v) is 4.07. The minimum Gasteiger partial charge on any atom is -0.307 e. The third-order valence-electron chi connectivity index (χ3n) is 3.10. The summed E-state index contributed by atoms with van der Waals surface area (Å²) in [7, 11) is 0. The van der Waals surface area contributed by atoms with Gasteiger partial charge in [0.1, 0.15) is 4.49 Å². The summed E-state index contributed by atoms with van der Waals surface area (Å²) in [6.07, 6.45) is 2.02. The SMILES string of the molecule is ClC(Cl)=C1C(Br)=Cc2ccccc2N1c1ccccc1. The highest BCUT2D eigenvalue weighted by molar-refractivity contribution is 9.12. The second-order valence-corrected chi connectivity index (χ2v) is 6.13. The average Bonchev–Trinajstić information content (AvgIpc) is 2.46. The molecule has 0 saturated heterocycles. The van der Waals surface area contributed by atoms with Crippen LogP contribution in [0.1, 0.15) is 5.56 Å². The first kappa shape index (κ1) is 13.7. The normalized spacial score (nSPS) is 13.8. The van der Waals surface area contributed by atoms with Gasteiger partial charge < -0.3 is 4.90 Å². The van der Waals surface area contributed by atoms with Gasteiger partial charge in [0.2, 0.25) is 0 Å². The van der Waals surface area contributed by atoms with Crippen molar-refractivity contribution in [1.29, 1.82) is 0 Å². The summed E-state index contributed by atoms with van der Waals surface area (Å²) in [6.45, 7) is 0. The van der Waals surface area contributed by atoms with Crippen LogP contribution in [0.15, 0.2) is 69.3 Å². The van der Waals surface area contributed by atoms with E-state index in [1.807, 2.05) is 48.5 Å². The molecule has 3 rings (SSSR count). The summed E-state index contributed by atoms with van der Waals surface area (Å²) in [5.41, 5.74) is 3.93. The van der Waals surface area contributed by atoms with E-state index in [0.717, 1.165) is 27.1 Å². The van der Waals surface area contributed by atoms with Gasteiger partial charge in [0.25, 0.3) is 0 Å². The Morgan fingerprint density at radius 3 is 2.25 bits per heavy atom. The molecule has 0 fully saturated rings. The quantitative estimate of drug-likeness (QED) is 0.578. The first-order valence-electron chi connectivity index (χ1n) is 6.05. The summed E-state index contributed by atoms with van der Waals surface area (Å²) in [5, 5.41) is 0. The number of hydrogen-bond acceptors (Lipinski definition) is 1. The van der Waals surface area contributed by atoms with Gasteiger partial charge >= 0.3 is 0 Å². The molecule has 20 heavy (non-hydrogen) atoms. The van der Waals surface area contributed by atoms with Crippen LogP contribution in [-0.4, -0.2) is 0 Å². The molecule has 1 heterocycles. The van der Waals surface area contributed by atoms with Crippen LogP contribution in [0.5, 0.6) is 0 Å². The minimum atomic E-state index is 0.228. The highest BCUT2D eigenvalue weighted by Gasteiger charge is 2.25. The molecule has 100 valence electrons. The third kappa shape index (κ3) is 2.39. The van der Waals surface area contributed by atoms with Crippen molar-refractivity contribution in [3.8, 4) is 0 Å². The van der Waals surface area contributed by atoms with Crippen molar-refractivity contribution in [2.75, 3.05) is 4.90 Å². The van der Waals surface area contributed by atoms with Crippen molar-refractivity contribution in [1.82, 2.24) is 0 Å². The van der Waals surface area contributed by atoms with E-state index in [1.54, 1.807) is 0 Å². The molecular formula is C16H10BrCl2N. The van der Waals surface area contributed by atoms with E-state index >= 15 is 0 Å². The number of fused-ring (bicyclic) bond motifs is 1. The molecule has 0 aliphatic carbocycles. The molecular weight excluding hydrogens is 357 g/mol. The molecule has 4 heteroatoms. The zero-order chi connectivity index (χ0) is 14.1. The summed E-state index contributed by atoms with van der Waals surface area (Å²) in [5.74, 6) is 0. The number of benzene rings is 2. The topological polar surface area (TPSA) is 3.24 Å². The van der Waals surface area contributed by atoms with Crippen LogP contribution in [0, 0.1) is 0 Å². The van der Waals surface area contributed by atoms with Gasteiger partial charge in [-0.15, -0.1) is 0 Å². The number of para-hydroxylation sites is 2. The van der Waals surface area contributed by atoms with Gasteiger partial charge in [0, 0.05) is 10.2 Å². The molecule has 1 aliphatic rings. The van der Waals surface area contributed by atoms with E-state index in [1.165, 1.54) is 0 Å². The largest absolute Gasteiger partial charge is 0.307 e. The van der Waals surface area contributed by atoms with Crippen molar-refractivity contribution in [3.05, 3.63) is 74.8 Å². The monoisotopic (exact) mass is 365 g/mol. The van der Waals surface area contributed by atoms with Crippen LogP contribution in [0.25, 0.3) is 6.08 Å². The van der Waals surface area contributed by atoms with E-state index in [4.69, 9.17) is 23.2 Å². The molecule has 1 nitrogen and oxygen atoms in total. The fourth-order valence-electron chi connectivity index (χ4n) is 2.27. The molecule has 0 N–H and O–H groups in total. The molecule has 0 saturated carbocycles. The second kappa shape index (κ2) is 5.65. The summed E-state index contributed by atoms with van der Waals surface area (Å²) >= 11 is 15.7. The number of anilines is 2. The number of allylic oxidation sites excluding steroid dienone is 1. The standard InChI is InChI=1S/C16H10BrCl2N/c17-13-10-11-6-4-5-9-14(11)20(15(13)16(18)19)12-7-2-1-3-8-12/h1-10H. The van der Waals surface area contributed by atoms with Gasteiger partial charge in [-0.25, -0.2) is 0 Å². The molecule has 0 aromatic heterocycles. The van der Waals surface area contributed by atoms with Gasteiger partial charge in [-0.1, -0.05) is 59.6 Å². The lowest BCUT2D eigenvalue weighted by atomic mass is 10.1. The molecule has 0 atom stereocenters. The van der Waals surface area contributed by atoms with Crippen molar-refractivity contribution in [3.63, 3.8) is 0 Å². The predicted molar refractivity (Wildman–Crippen MR) is 90.7 cm³/mol. The van der Waals surface area contributed by atoms with E-state index in [2.05, 4.69) is 33.0 Å². The Morgan fingerprint density at radius 2 is 1.55 bits per heavy atom. The lowest BCUT2D eigenvalue weighted by Gasteiger charge is -2.32. The maximum absolute atomic E-state index is 6.10. The first-order valence-corrected chi connectivity index (χ1v) is 7.60. The van der Waals surface area contributed by atoms with E-state index in [0.29, 0.717) is 0 Å². The zero-order valence-corrected chi connectivity index (χ0v) is 13.5. The van der Waals surface area contributed by atoms with E-state index < -0.39 is 0 Å². The summed E-state index contributed by atoms with van der Waals surface area (Å²) in [6, 6.07) is 18.1. The van der Waals surface area contributed by atoms with Crippen LogP contribution in [0.4, 0.5) is 11.4 Å². The minimum absolute atomic E-state index is 0.228. The molecule has 2 aromatic rings. The zero-order valence-electron chi connectivity index (χ0n) is 10.4. The lowest BCUT2D eigenvalue weighted by Crippen LogP contribution is -2.20. The smallest absolute Gasteiger partial charge is 0.131 e. The molecule has 1 aliphatic heterocycles.